The first-order valence-electron chi connectivity index (χ1n) is 6.70. The van der Waals surface area contributed by atoms with Gasteiger partial charge in [0.1, 0.15) is 17.6 Å². The molecule has 0 bridgehead atoms. The van der Waals surface area contributed by atoms with Crippen molar-refractivity contribution in [1.29, 1.82) is 0 Å². The van der Waals surface area contributed by atoms with E-state index in [1.54, 1.807) is 13.8 Å². The maximum Gasteiger partial charge on any atom is 0.342 e. The second-order valence-electron chi connectivity index (χ2n) is 4.05. The number of hydrogen-bond acceptors (Lipinski definition) is 8. The number of ether oxygens (including phenoxy) is 2. The minimum atomic E-state index is -0.725. The summed E-state index contributed by atoms with van der Waals surface area (Å²) in [6, 6.07) is 1.08. The fourth-order valence-corrected chi connectivity index (χ4v) is 1.58. The quantitative estimate of drug-likeness (QED) is 0.436. The Balaban J connectivity index is 2.85. The summed E-state index contributed by atoms with van der Waals surface area (Å²) < 4.78 is 9.60. The molecule has 1 aromatic heterocycles. The molecule has 0 unspecified atom stereocenters. The number of carbonyl (C=O) groups excluding carboxylic acids is 2. The molecule has 9 nitrogen and oxygen atoms in total. The molecule has 0 aliphatic rings. The van der Waals surface area contributed by atoms with Crippen LogP contribution in [0, 0.1) is 10.1 Å². The molecule has 0 spiro atoms. The van der Waals surface area contributed by atoms with E-state index in [1.807, 2.05) is 0 Å². The standard InChI is InChI=1S/C13H17N3O6/c1-3-21-11(17)5-6-14-12-10(13(18)22-4-2)7-9(8-15-12)16(19)20/h7-8H,3-6H2,1-2H3,(H,14,15). The predicted octanol–water partition coefficient (Wildman–Crippen LogP) is 1.53. The van der Waals surface area contributed by atoms with Crippen LogP contribution in [-0.4, -0.2) is 41.6 Å². The summed E-state index contributed by atoms with van der Waals surface area (Å²) in [7, 11) is 0. The summed E-state index contributed by atoms with van der Waals surface area (Å²) in [5.41, 5.74) is -0.376. The molecule has 22 heavy (non-hydrogen) atoms. The number of nitrogens with one attached hydrogen (secondary N) is 1. The molecule has 0 saturated heterocycles. The number of hydrogen-bond donors (Lipinski definition) is 1. The van der Waals surface area contributed by atoms with Crippen LogP contribution >= 0.6 is 0 Å². The zero-order valence-electron chi connectivity index (χ0n) is 12.3. The van der Waals surface area contributed by atoms with Crippen molar-refractivity contribution in [3.8, 4) is 0 Å². The first kappa shape index (κ1) is 17.3. The Labute approximate surface area is 126 Å². The number of rotatable bonds is 8. The second kappa shape index (κ2) is 8.55. The molecule has 1 heterocycles. The molecule has 0 radical (unpaired) electrons. The van der Waals surface area contributed by atoms with Crippen molar-refractivity contribution in [2.24, 2.45) is 0 Å². The smallest absolute Gasteiger partial charge is 0.342 e. The first-order valence-corrected chi connectivity index (χ1v) is 6.70. The van der Waals surface area contributed by atoms with E-state index in [2.05, 4.69) is 10.3 Å². The predicted molar refractivity (Wildman–Crippen MR) is 76.6 cm³/mol. The molecular weight excluding hydrogens is 294 g/mol. The van der Waals surface area contributed by atoms with Gasteiger partial charge in [-0.25, -0.2) is 9.78 Å². The number of carbonyl (C=O) groups is 2. The average molecular weight is 311 g/mol. The van der Waals surface area contributed by atoms with Crippen LogP contribution in [0.1, 0.15) is 30.6 Å². The van der Waals surface area contributed by atoms with Gasteiger partial charge in [0.15, 0.2) is 0 Å². The number of pyridine rings is 1. The Kier molecular flexibility index (Phi) is 6.74. The largest absolute Gasteiger partial charge is 0.466 e. The third-order valence-electron chi connectivity index (χ3n) is 2.51. The summed E-state index contributed by atoms with van der Waals surface area (Å²) in [4.78, 5) is 37.0. The molecule has 0 saturated carbocycles. The summed E-state index contributed by atoms with van der Waals surface area (Å²) in [6.45, 7) is 3.90. The van der Waals surface area contributed by atoms with Gasteiger partial charge in [0.05, 0.1) is 24.6 Å². The second-order valence-corrected chi connectivity index (χ2v) is 4.05. The third-order valence-corrected chi connectivity index (χ3v) is 2.51. The van der Waals surface area contributed by atoms with Crippen LogP contribution in [0.4, 0.5) is 11.5 Å². The van der Waals surface area contributed by atoms with Gasteiger partial charge in [0, 0.05) is 12.6 Å². The monoisotopic (exact) mass is 311 g/mol. The molecule has 0 atom stereocenters. The number of anilines is 1. The molecule has 0 amide bonds. The van der Waals surface area contributed by atoms with Crippen molar-refractivity contribution in [2.75, 3.05) is 25.1 Å². The number of esters is 2. The van der Waals surface area contributed by atoms with Crippen LogP contribution in [0.5, 0.6) is 0 Å². The highest BCUT2D eigenvalue weighted by Gasteiger charge is 2.19. The fourth-order valence-electron chi connectivity index (χ4n) is 1.58. The summed E-state index contributed by atoms with van der Waals surface area (Å²) in [5, 5.41) is 13.5. The maximum absolute atomic E-state index is 11.8. The van der Waals surface area contributed by atoms with Crippen LogP contribution in [-0.2, 0) is 14.3 Å². The van der Waals surface area contributed by atoms with Crippen molar-refractivity contribution in [3.63, 3.8) is 0 Å². The van der Waals surface area contributed by atoms with Crippen molar-refractivity contribution >= 4 is 23.4 Å². The average Bonchev–Trinajstić information content (AvgIpc) is 2.47. The Morgan fingerprint density at radius 3 is 2.59 bits per heavy atom. The Morgan fingerprint density at radius 2 is 2.00 bits per heavy atom. The van der Waals surface area contributed by atoms with E-state index >= 15 is 0 Å². The Hall–Kier alpha value is -2.71. The lowest BCUT2D eigenvalue weighted by Gasteiger charge is -2.10. The first-order chi connectivity index (χ1) is 10.5. The minimum Gasteiger partial charge on any atom is -0.466 e. The lowest BCUT2D eigenvalue weighted by Crippen LogP contribution is -2.15. The molecule has 0 aliphatic carbocycles. The molecule has 120 valence electrons. The van der Waals surface area contributed by atoms with Gasteiger partial charge in [-0.15, -0.1) is 0 Å². The Morgan fingerprint density at radius 1 is 1.32 bits per heavy atom. The number of nitrogens with zero attached hydrogens (tertiary/aromatic N) is 2. The zero-order chi connectivity index (χ0) is 16.5. The van der Waals surface area contributed by atoms with E-state index in [1.165, 1.54) is 0 Å². The van der Waals surface area contributed by atoms with Gasteiger partial charge in [-0.1, -0.05) is 0 Å². The topological polar surface area (TPSA) is 121 Å². The van der Waals surface area contributed by atoms with Crippen LogP contribution in [0.3, 0.4) is 0 Å². The summed E-state index contributed by atoms with van der Waals surface area (Å²) in [6.07, 6.45) is 1.10. The van der Waals surface area contributed by atoms with Crippen LogP contribution < -0.4 is 5.32 Å². The zero-order valence-corrected chi connectivity index (χ0v) is 12.3. The SMILES string of the molecule is CCOC(=O)CCNc1ncc([N+](=O)[O-])cc1C(=O)OCC. The number of aromatic nitrogens is 1. The molecule has 1 N–H and O–H groups in total. The Bertz CT molecular complexity index is 561. The van der Waals surface area contributed by atoms with Gasteiger partial charge < -0.3 is 14.8 Å². The highest BCUT2D eigenvalue weighted by atomic mass is 16.6. The van der Waals surface area contributed by atoms with Gasteiger partial charge in [0.25, 0.3) is 5.69 Å². The van der Waals surface area contributed by atoms with Crippen molar-refractivity contribution < 1.29 is 24.0 Å². The molecule has 0 aromatic carbocycles. The maximum atomic E-state index is 11.8. The molecule has 1 aromatic rings. The van der Waals surface area contributed by atoms with Crippen LogP contribution in [0.2, 0.25) is 0 Å². The lowest BCUT2D eigenvalue weighted by molar-refractivity contribution is -0.385. The van der Waals surface area contributed by atoms with E-state index in [4.69, 9.17) is 9.47 Å². The molecular formula is C13H17N3O6. The highest BCUT2D eigenvalue weighted by molar-refractivity contribution is 5.95. The molecule has 9 heteroatoms. The van der Waals surface area contributed by atoms with E-state index in [9.17, 15) is 19.7 Å². The summed E-state index contributed by atoms with van der Waals surface area (Å²) in [5.74, 6) is -1.000. The minimum absolute atomic E-state index is 0.0556. The third kappa shape index (κ3) is 5.00. The normalized spacial score (nSPS) is 9.91. The van der Waals surface area contributed by atoms with E-state index < -0.39 is 16.9 Å². The number of nitro groups is 1. The van der Waals surface area contributed by atoms with Gasteiger partial charge in [-0.2, -0.15) is 0 Å². The highest BCUT2D eigenvalue weighted by Crippen LogP contribution is 2.20. The van der Waals surface area contributed by atoms with Gasteiger partial charge in [-0.05, 0) is 13.8 Å². The van der Waals surface area contributed by atoms with Gasteiger partial charge in [0.2, 0.25) is 0 Å². The molecule has 1 rings (SSSR count). The molecule has 0 fully saturated rings. The van der Waals surface area contributed by atoms with Crippen molar-refractivity contribution in [2.45, 2.75) is 20.3 Å². The van der Waals surface area contributed by atoms with Crippen molar-refractivity contribution in [3.05, 3.63) is 27.9 Å². The van der Waals surface area contributed by atoms with Gasteiger partial charge >= 0.3 is 11.9 Å². The molecule has 0 aliphatic heterocycles. The van der Waals surface area contributed by atoms with Gasteiger partial charge in [-0.3, -0.25) is 14.9 Å². The van der Waals surface area contributed by atoms with Crippen molar-refractivity contribution in [1.82, 2.24) is 4.98 Å². The lowest BCUT2D eigenvalue weighted by atomic mass is 10.2. The fraction of sp³-hybridized carbons (Fsp3) is 0.462. The van der Waals surface area contributed by atoms with E-state index in [0.717, 1.165) is 12.3 Å². The van der Waals surface area contributed by atoms with E-state index in [-0.39, 0.29) is 43.2 Å². The summed E-state index contributed by atoms with van der Waals surface area (Å²) >= 11 is 0. The van der Waals surface area contributed by atoms with Crippen LogP contribution in [0.25, 0.3) is 0 Å². The van der Waals surface area contributed by atoms with E-state index in [0.29, 0.717) is 0 Å². The van der Waals surface area contributed by atoms with Crippen LogP contribution in [0.15, 0.2) is 12.3 Å².